The van der Waals surface area contributed by atoms with Crippen molar-refractivity contribution in [2.75, 3.05) is 26.8 Å². The second-order valence-corrected chi connectivity index (χ2v) is 5.60. The van der Waals surface area contributed by atoms with Crippen molar-refractivity contribution in [2.45, 2.75) is 18.4 Å². The lowest BCUT2D eigenvalue weighted by molar-refractivity contribution is -0.0662. The Morgan fingerprint density at radius 1 is 1.38 bits per heavy atom. The van der Waals surface area contributed by atoms with E-state index in [1.165, 1.54) is 6.26 Å². The summed E-state index contributed by atoms with van der Waals surface area (Å²) in [5, 5.41) is 11.1. The van der Waals surface area contributed by atoms with Gasteiger partial charge in [0, 0.05) is 25.6 Å². The Kier molecular flexibility index (Phi) is 3.69. The lowest BCUT2D eigenvalue weighted by atomic mass is 9.92. The monoisotopic (exact) mass is 289 g/mol. The van der Waals surface area contributed by atoms with Gasteiger partial charge in [0.2, 0.25) is 0 Å². The molecule has 0 spiro atoms. The van der Waals surface area contributed by atoms with Crippen LogP contribution in [-0.4, -0.2) is 48.3 Å². The van der Waals surface area contributed by atoms with E-state index < -0.39 is 5.60 Å². The van der Waals surface area contributed by atoms with Crippen molar-refractivity contribution < 1.29 is 19.1 Å². The minimum absolute atomic E-state index is 0.0422. The number of carbonyl (C=O) groups excluding carboxylic acids is 1. The third kappa shape index (κ3) is 2.66. The summed E-state index contributed by atoms with van der Waals surface area (Å²) in [6.45, 7) is 1.36. The molecule has 2 heterocycles. The molecule has 1 fully saturated rings. The van der Waals surface area contributed by atoms with E-state index in [4.69, 9.17) is 9.15 Å². The summed E-state index contributed by atoms with van der Waals surface area (Å²) in [6.07, 6.45) is 2.58. The highest BCUT2D eigenvalue weighted by molar-refractivity contribution is 6.05. The van der Waals surface area contributed by atoms with E-state index in [0.717, 1.165) is 5.39 Å². The van der Waals surface area contributed by atoms with Gasteiger partial charge < -0.3 is 19.2 Å². The fourth-order valence-electron chi connectivity index (χ4n) is 2.85. The van der Waals surface area contributed by atoms with Crippen LogP contribution in [0, 0.1) is 0 Å². The van der Waals surface area contributed by atoms with Crippen LogP contribution in [0.4, 0.5) is 0 Å². The molecule has 2 aromatic rings. The van der Waals surface area contributed by atoms with Crippen molar-refractivity contribution in [3.63, 3.8) is 0 Å². The second kappa shape index (κ2) is 5.50. The smallest absolute Gasteiger partial charge is 0.257 e. The third-order valence-electron chi connectivity index (χ3n) is 4.11. The van der Waals surface area contributed by atoms with Crippen LogP contribution in [0.2, 0.25) is 0 Å². The van der Waals surface area contributed by atoms with Gasteiger partial charge in [0.05, 0.1) is 17.8 Å². The molecule has 3 rings (SSSR count). The van der Waals surface area contributed by atoms with Gasteiger partial charge in [0.15, 0.2) is 0 Å². The van der Waals surface area contributed by atoms with E-state index in [-0.39, 0.29) is 5.91 Å². The van der Waals surface area contributed by atoms with Crippen molar-refractivity contribution in [1.82, 2.24) is 4.90 Å². The number of benzene rings is 1. The summed E-state index contributed by atoms with van der Waals surface area (Å²) in [6, 6.07) is 7.50. The molecule has 1 aromatic heterocycles. The van der Waals surface area contributed by atoms with Crippen molar-refractivity contribution in [1.29, 1.82) is 0 Å². The van der Waals surface area contributed by atoms with E-state index in [9.17, 15) is 9.90 Å². The molecule has 1 aliphatic heterocycles. The maximum absolute atomic E-state index is 12.6. The first-order chi connectivity index (χ1) is 10.1. The normalized spacial score (nSPS) is 18.1. The van der Waals surface area contributed by atoms with Gasteiger partial charge in [-0.25, -0.2) is 0 Å². The molecule has 1 N–H and O–H groups in total. The van der Waals surface area contributed by atoms with Gasteiger partial charge in [-0.15, -0.1) is 0 Å². The number of carbonyl (C=O) groups is 1. The lowest BCUT2D eigenvalue weighted by Gasteiger charge is -2.37. The molecular weight excluding hydrogens is 270 g/mol. The molecule has 5 nitrogen and oxygen atoms in total. The third-order valence-corrected chi connectivity index (χ3v) is 4.11. The van der Waals surface area contributed by atoms with Gasteiger partial charge in [-0.05, 0) is 18.9 Å². The standard InChI is InChI=1S/C16H19NO4/c1-20-11-16(19)6-8-17(9-7-16)15(18)13-10-21-14-5-3-2-4-12(13)14/h2-5,10,19H,6-9,11H2,1H3. The van der Waals surface area contributed by atoms with Crippen molar-refractivity contribution in [2.24, 2.45) is 0 Å². The maximum atomic E-state index is 12.6. The molecule has 1 aromatic carbocycles. The number of hydrogen-bond acceptors (Lipinski definition) is 4. The van der Waals surface area contributed by atoms with Gasteiger partial charge >= 0.3 is 0 Å². The van der Waals surface area contributed by atoms with E-state index in [0.29, 0.717) is 43.7 Å². The number of furan rings is 1. The molecular formula is C16H19NO4. The van der Waals surface area contributed by atoms with Gasteiger partial charge in [0.25, 0.3) is 5.91 Å². The molecule has 0 aliphatic carbocycles. The number of hydrogen-bond donors (Lipinski definition) is 1. The van der Waals surface area contributed by atoms with Crippen molar-refractivity contribution in [3.05, 3.63) is 36.1 Å². The maximum Gasteiger partial charge on any atom is 0.257 e. The van der Waals surface area contributed by atoms with Gasteiger partial charge in [0.1, 0.15) is 11.8 Å². The van der Waals surface area contributed by atoms with E-state index >= 15 is 0 Å². The number of methoxy groups -OCH3 is 1. The van der Waals surface area contributed by atoms with Crippen LogP contribution in [0.5, 0.6) is 0 Å². The van der Waals surface area contributed by atoms with Crippen molar-refractivity contribution >= 4 is 16.9 Å². The zero-order chi connectivity index (χ0) is 14.9. The summed E-state index contributed by atoms with van der Waals surface area (Å²) in [5.74, 6) is -0.0422. The van der Waals surface area contributed by atoms with Gasteiger partial charge in [-0.1, -0.05) is 18.2 Å². The molecule has 21 heavy (non-hydrogen) atoms. The molecule has 112 valence electrons. The Morgan fingerprint density at radius 3 is 2.81 bits per heavy atom. The molecule has 1 amide bonds. The number of ether oxygens (including phenoxy) is 1. The van der Waals surface area contributed by atoms with Crippen LogP contribution in [0.3, 0.4) is 0 Å². The number of aliphatic hydroxyl groups is 1. The molecule has 0 unspecified atom stereocenters. The minimum atomic E-state index is -0.815. The first-order valence-electron chi connectivity index (χ1n) is 7.10. The summed E-state index contributed by atoms with van der Waals surface area (Å²) < 4.78 is 10.5. The number of piperidine rings is 1. The average molecular weight is 289 g/mol. The number of fused-ring (bicyclic) bond motifs is 1. The molecule has 0 atom stereocenters. The topological polar surface area (TPSA) is 62.9 Å². The van der Waals surface area contributed by atoms with Crippen LogP contribution in [0.1, 0.15) is 23.2 Å². The van der Waals surface area contributed by atoms with Crippen LogP contribution in [0.25, 0.3) is 11.0 Å². The second-order valence-electron chi connectivity index (χ2n) is 5.60. The molecule has 5 heteroatoms. The van der Waals surface area contributed by atoms with E-state index in [1.54, 1.807) is 12.0 Å². The van der Waals surface area contributed by atoms with Crippen LogP contribution >= 0.6 is 0 Å². The summed E-state index contributed by atoms with van der Waals surface area (Å²) in [7, 11) is 1.58. The van der Waals surface area contributed by atoms with Crippen molar-refractivity contribution in [3.8, 4) is 0 Å². The largest absolute Gasteiger partial charge is 0.463 e. The highest BCUT2D eigenvalue weighted by Gasteiger charge is 2.34. The predicted octanol–water partition coefficient (Wildman–Crippen LogP) is 2.05. The van der Waals surface area contributed by atoms with Crippen LogP contribution in [0.15, 0.2) is 34.9 Å². The molecule has 0 radical (unpaired) electrons. The SMILES string of the molecule is COCC1(O)CCN(C(=O)c2coc3ccccc23)CC1. The Balaban J connectivity index is 1.75. The summed E-state index contributed by atoms with van der Waals surface area (Å²) in [5.41, 5.74) is 0.487. The molecule has 1 saturated heterocycles. The van der Waals surface area contributed by atoms with Crippen LogP contribution < -0.4 is 0 Å². The zero-order valence-corrected chi connectivity index (χ0v) is 12.0. The fourth-order valence-corrected chi connectivity index (χ4v) is 2.85. The zero-order valence-electron chi connectivity index (χ0n) is 12.0. The number of amides is 1. The molecule has 0 saturated carbocycles. The Labute approximate surface area is 123 Å². The Morgan fingerprint density at radius 2 is 2.10 bits per heavy atom. The average Bonchev–Trinajstić information content (AvgIpc) is 2.91. The number of nitrogens with zero attached hydrogens (tertiary/aromatic N) is 1. The summed E-state index contributed by atoms with van der Waals surface area (Å²) >= 11 is 0. The Hall–Kier alpha value is -1.85. The fraction of sp³-hybridized carbons (Fsp3) is 0.438. The number of likely N-dealkylation sites (tertiary alicyclic amines) is 1. The molecule has 1 aliphatic rings. The number of para-hydroxylation sites is 1. The first-order valence-corrected chi connectivity index (χ1v) is 7.10. The highest BCUT2D eigenvalue weighted by atomic mass is 16.5. The predicted molar refractivity (Wildman–Crippen MR) is 78.2 cm³/mol. The van der Waals surface area contributed by atoms with Gasteiger partial charge in [-0.3, -0.25) is 4.79 Å². The van der Waals surface area contributed by atoms with Crippen LogP contribution in [-0.2, 0) is 4.74 Å². The van der Waals surface area contributed by atoms with Gasteiger partial charge in [-0.2, -0.15) is 0 Å². The number of rotatable bonds is 3. The highest BCUT2D eigenvalue weighted by Crippen LogP contribution is 2.26. The quantitative estimate of drug-likeness (QED) is 0.939. The molecule has 0 bridgehead atoms. The van der Waals surface area contributed by atoms with E-state index in [2.05, 4.69) is 0 Å². The Bertz CT molecular complexity index is 641. The lowest BCUT2D eigenvalue weighted by Crippen LogP contribution is -2.48. The minimum Gasteiger partial charge on any atom is -0.463 e. The first kappa shape index (κ1) is 14.1. The summed E-state index contributed by atoms with van der Waals surface area (Å²) in [4.78, 5) is 14.4. The van der Waals surface area contributed by atoms with E-state index in [1.807, 2.05) is 24.3 Å².